The van der Waals surface area contributed by atoms with Crippen molar-refractivity contribution in [3.05, 3.63) is 30.1 Å². The Balaban J connectivity index is 2.25. The van der Waals surface area contributed by atoms with Gasteiger partial charge in [-0.05, 0) is 12.1 Å². The lowest BCUT2D eigenvalue weighted by molar-refractivity contribution is 0.153. The Morgan fingerprint density at radius 2 is 2.43 bits per heavy atom. The number of hydrogen-bond donors (Lipinski definition) is 0. The van der Waals surface area contributed by atoms with Gasteiger partial charge in [0.05, 0.1) is 5.56 Å². The Morgan fingerprint density at radius 1 is 1.57 bits per heavy atom. The molecule has 0 fully saturated rings. The summed E-state index contributed by atoms with van der Waals surface area (Å²) in [6, 6.07) is 3.56. The molecule has 0 aromatic carbocycles. The van der Waals surface area contributed by atoms with Gasteiger partial charge in [0.15, 0.2) is 0 Å². The molecule has 0 radical (unpaired) electrons. The highest BCUT2D eigenvalue weighted by Crippen LogP contribution is 2.07. The predicted octanol–water partition coefficient (Wildman–Crippen LogP) is 0.868. The van der Waals surface area contributed by atoms with Gasteiger partial charge in [-0.3, -0.25) is 9.88 Å². The smallest absolute Gasteiger partial charge is 0.391 e. The number of hydrogen-bond acceptors (Lipinski definition) is 4. The molecule has 0 saturated heterocycles. The van der Waals surface area contributed by atoms with Crippen molar-refractivity contribution in [1.29, 1.82) is 0 Å². The van der Waals surface area contributed by atoms with Crippen LogP contribution in [0.15, 0.2) is 29.5 Å². The molecule has 72 valence electrons. The van der Waals surface area contributed by atoms with Gasteiger partial charge in [0.25, 0.3) is 0 Å². The summed E-state index contributed by atoms with van der Waals surface area (Å²) in [5.74, 6) is 0.334. The van der Waals surface area contributed by atoms with Crippen molar-refractivity contribution >= 4 is 12.0 Å². The third kappa shape index (κ3) is 1.56. The van der Waals surface area contributed by atoms with E-state index in [-0.39, 0.29) is 6.09 Å². The number of pyridine rings is 1. The monoisotopic (exact) mass is 191 g/mol. The van der Waals surface area contributed by atoms with Gasteiger partial charge in [-0.25, -0.2) is 9.79 Å². The van der Waals surface area contributed by atoms with Gasteiger partial charge in [-0.2, -0.15) is 0 Å². The van der Waals surface area contributed by atoms with Crippen LogP contribution in [-0.4, -0.2) is 35.6 Å². The van der Waals surface area contributed by atoms with E-state index in [0.29, 0.717) is 18.1 Å². The second-order valence-electron chi connectivity index (χ2n) is 2.91. The summed E-state index contributed by atoms with van der Waals surface area (Å²) in [7, 11) is 1.63. The average Bonchev–Trinajstić information content (AvgIpc) is 2.23. The number of carbonyl (C=O) groups is 1. The van der Waals surface area contributed by atoms with E-state index in [0.717, 1.165) is 0 Å². The first-order valence-electron chi connectivity index (χ1n) is 4.15. The number of ether oxygens (including phenoxy) is 1. The van der Waals surface area contributed by atoms with Gasteiger partial charge < -0.3 is 4.74 Å². The summed E-state index contributed by atoms with van der Waals surface area (Å²) in [5, 5.41) is 0. The van der Waals surface area contributed by atoms with Crippen molar-refractivity contribution < 1.29 is 9.53 Å². The minimum Gasteiger partial charge on any atom is -0.391 e. The number of aromatic nitrogens is 1. The molecule has 0 aliphatic carbocycles. The summed E-state index contributed by atoms with van der Waals surface area (Å²) in [6.07, 6.45) is 2.87. The zero-order valence-electron chi connectivity index (χ0n) is 7.67. The largest absolute Gasteiger partial charge is 0.417 e. The summed E-state index contributed by atoms with van der Waals surface area (Å²) in [6.45, 7) is 0.322. The Kier molecular flexibility index (Phi) is 2.14. The fraction of sp³-hybridized carbons (Fsp3) is 0.222. The van der Waals surface area contributed by atoms with E-state index in [9.17, 15) is 4.79 Å². The quantitative estimate of drug-likeness (QED) is 0.661. The number of cyclic esters (lactones) is 1. The fourth-order valence-electron chi connectivity index (χ4n) is 1.06. The first-order chi connectivity index (χ1) is 6.77. The van der Waals surface area contributed by atoms with E-state index < -0.39 is 0 Å². The molecule has 2 heterocycles. The third-order valence-corrected chi connectivity index (χ3v) is 1.83. The molecule has 0 bridgehead atoms. The lowest BCUT2D eigenvalue weighted by atomic mass is 10.3. The van der Waals surface area contributed by atoms with Crippen molar-refractivity contribution in [2.24, 2.45) is 4.99 Å². The molecule has 1 aromatic heterocycles. The van der Waals surface area contributed by atoms with Crippen LogP contribution in [0.4, 0.5) is 4.79 Å². The van der Waals surface area contributed by atoms with Crippen LogP contribution >= 0.6 is 0 Å². The fourth-order valence-corrected chi connectivity index (χ4v) is 1.06. The maximum absolute atomic E-state index is 11.2. The number of amides is 1. The molecule has 0 unspecified atom stereocenters. The minimum absolute atomic E-state index is 0.322. The van der Waals surface area contributed by atoms with Crippen LogP contribution < -0.4 is 0 Å². The van der Waals surface area contributed by atoms with Crippen molar-refractivity contribution in [2.45, 2.75) is 0 Å². The van der Waals surface area contributed by atoms with E-state index in [2.05, 4.69) is 9.98 Å². The normalized spacial score (nSPS) is 16.2. The van der Waals surface area contributed by atoms with Crippen LogP contribution in [0, 0.1) is 0 Å². The number of rotatable bonds is 1. The van der Waals surface area contributed by atoms with Crippen LogP contribution in [0.3, 0.4) is 0 Å². The molecule has 1 aliphatic heterocycles. The lowest BCUT2D eigenvalue weighted by Crippen LogP contribution is -2.34. The molecule has 1 aliphatic rings. The molecule has 2 rings (SSSR count). The molecule has 0 spiro atoms. The molecule has 0 atom stereocenters. The Bertz CT molecular complexity index is 375. The standard InChI is InChI=1S/C9H9N3O2/c1-12-6-11-8(14-9(12)13)7-3-2-4-10-5-7/h2-5H,6H2,1H3. The number of nitrogens with zero attached hydrogens (tertiary/aromatic N) is 3. The van der Waals surface area contributed by atoms with E-state index in [1.165, 1.54) is 4.90 Å². The SMILES string of the molecule is CN1CN=C(c2cccnc2)OC1=O. The maximum atomic E-state index is 11.2. The second-order valence-corrected chi connectivity index (χ2v) is 2.91. The van der Waals surface area contributed by atoms with Gasteiger partial charge >= 0.3 is 6.09 Å². The Hall–Kier alpha value is -1.91. The Morgan fingerprint density at radius 3 is 3.07 bits per heavy atom. The predicted molar refractivity (Wildman–Crippen MR) is 49.9 cm³/mol. The van der Waals surface area contributed by atoms with E-state index >= 15 is 0 Å². The Labute approximate surface area is 81.0 Å². The van der Waals surface area contributed by atoms with Crippen LogP contribution in [0.25, 0.3) is 0 Å². The van der Waals surface area contributed by atoms with Gasteiger partial charge in [0.1, 0.15) is 6.67 Å². The van der Waals surface area contributed by atoms with Crippen molar-refractivity contribution in [2.75, 3.05) is 13.7 Å². The lowest BCUT2D eigenvalue weighted by Gasteiger charge is -2.20. The zero-order chi connectivity index (χ0) is 9.97. The summed E-state index contributed by atoms with van der Waals surface area (Å²) < 4.78 is 4.98. The molecule has 1 aromatic rings. The van der Waals surface area contributed by atoms with Crippen LogP contribution in [0.5, 0.6) is 0 Å². The van der Waals surface area contributed by atoms with Gasteiger partial charge in [-0.15, -0.1) is 0 Å². The summed E-state index contributed by atoms with van der Waals surface area (Å²) >= 11 is 0. The van der Waals surface area contributed by atoms with Gasteiger partial charge in [0, 0.05) is 19.4 Å². The number of aliphatic imine (C=N–C) groups is 1. The van der Waals surface area contributed by atoms with Gasteiger partial charge in [-0.1, -0.05) is 0 Å². The van der Waals surface area contributed by atoms with E-state index in [1.807, 2.05) is 0 Å². The highest BCUT2D eigenvalue weighted by Gasteiger charge is 2.19. The second kappa shape index (κ2) is 3.45. The summed E-state index contributed by atoms with van der Waals surface area (Å²) in [4.78, 5) is 20.6. The molecular weight excluding hydrogens is 182 g/mol. The molecular formula is C9H9N3O2. The minimum atomic E-state index is -0.390. The maximum Gasteiger partial charge on any atom is 0.417 e. The first kappa shape index (κ1) is 8.68. The molecule has 5 nitrogen and oxygen atoms in total. The van der Waals surface area contributed by atoms with Crippen molar-refractivity contribution in [3.63, 3.8) is 0 Å². The molecule has 0 saturated carbocycles. The van der Waals surface area contributed by atoms with Gasteiger partial charge in [0.2, 0.25) is 5.90 Å². The third-order valence-electron chi connectivity index (χ3n) is 1.83. The topological polar surface area (TPSA) is 54.8 Å². The first-order valence-corrected chi connectivity index (χ1v) is 4.15. The van der Waals surface area contributed by atoms with Crippen LogP contribution in [-0.2, 0) is 4.74 Å². The van der Waals surface area contributed by atoms with Crippen LogP contribution in [0.2, 0.25) is 0 Å². The van der Waals surface area contributed by atoms with E-state index in [4.69, 9.17) is 4.74 Å². The molecule has 5 heteroatoms. The molecule has 0 N–H and O–H groups in total. The number of carbonyl (C=O) groups excluding carboxylic acids is 1. The molecule has 14 heavy (non-hydrogen) atoms. The molecule has 1 amide bonds. The highest BCUT2D eigenvalue weighted by atomic mass is 16.6. The van der Waals surface area contributed by atoms with Crippen molar-refractivity contribution in [1.82, 2.24) is 9.88 Å². The average molecular weight is 191 g/mol. The highest BCUT2D eigenvalue weighted by molar-refractivity contribution is 6.00. The summed E-state index contributed by atoms with van der Waals surface area (Å²) in [5.41, 5.74) is 0.717. The van der Waals surface area contributed by atoms with Crippen LogP contribution in [0.1, 0.15) is 5.56 Å². The van der Waals surface area contributed by atoms with E-state index in [1.54, 1.807) is 31.6 Å². The zero-order valence-corrected chi connectivity index (χ0v) is 7.67. The van der Waals surface area contributed by atoms with Crippen molar-refractivity contribution in [3.8, 4) is 0 Å².